The number of ether oxygens (including phenoxy) is 1. The van der Waals surface area contributed by atoms with Gasteiger partial charge in [0.25, 0.3) is 0 Å². The Kier molecular flexibility index (Phi) is 4.18. The molecular weight excluding hydrogens is 288 g/mol. The summed E-state index contributed by atoms with van der Waals surface area (Å²) in [6, 6.07) is 7.19. The first-order valence-electron chi connectivity index (χ1n) is 6.06. The van der Waals surface area contributed by atoms with Gasteiger partial charge in [0.1, 0.15) is 5.75 Å². The molecule has 0 unspecified atom stereocenters. The highest BCUT2D eigenvalue weighted by atomic mass is 19.4. The molecule has 0 saturated heterocycles. The fourth-order valence-electron chi connectivity index (χ4n) is 1.84. The van der Waals surface area contributed by atoms with Crippen LogP contribution in [0.2, 0.25) is 0 Å². The van der Waals surface area contributed by atoms with Gasteiger partial charge in [-0.15, -0.1) is 0 Å². The van der Waals surface area contributed by atoms with E-state index in [0.717, 1.165) is 17.7 Å². The van der Waals surface area contributed by atoms with E-state index in [-0.39, 0.29) is 17.1 Å². The van der Waals surface area contributed by atoms with Crippen LogP contribution in [0, 0.1) is 12.7 Å². The fraction of sp³-hybridized carbons (Fsp3) is 0.200. The molecule has 2 aromatic rings. The van der Waals surface area contributed by atoms with E-state index in [0.29, 0.717) is 0 Å². The van der Waals surface area contributed by atoms with E-state index in [4.69, 9.17) is 9.84 Å². The number of aryl methyl sites for hydroxylation is 1. The molecule has 0 aliphatic heterocycles. The zero-order valence-electron chi connectivity index (χ0n) is 11.0. The summed E-state index contributed by atoms with van der Waals surface area (Å²) < 4.78 is 57.3. The summed E-state index contributed by atoms with van der Waals surface area (Å²) in [7, 11) is 0. The first-order valence-corrected chi connectivity index (χ1v) is 6.06. The van der Waals surface area contributed by atoms with Crippen molar-refractivity contribution in [2.75, 3.05) is 0 Å². The van der Waals surface area contributed by atoms with Gasteiger partial charge in [-0.2, -0.15) is 13.2 Å². The first-order chi connectivity index (χ1) is 9.81. The molecule has 0 fully saturated rings. The van der Waals surface area contributed by atoms with Gasteiger partial charge in [0.05, 0.1) is 12.2 Å². The van der Waals surface area contributed by atoms with Crippen molar-refractivity contribution in [2.24, 2.45) is 0 Å². The number of hydrogen-bond acceptors (Lipinski definition) is 2. The minimum atomic E-state index is -4.62. The second-order valence-electron chi connectivity index (χ2n) is 4.51. The maximum Gasteiger partial charge on any atom is 0.416 e. The number of rotatable bonds is 3. The van der Waals surface area contributed by atoms with E-state index in [1.807, 2.05) is 0 Å². The van der Waals surface area contributed by atoms with Gasteiger partial charge in [0.2, 0.25) is 0 Å². The van der Waals surface area contributed by atoms with E-state index >= 15 is 0 Å². The molecule has 21 heavy (non-hydrogen) atoms. The van der Waals surface area contributed by atoms with E-state index in [9.17, 15) is 17.6 Å². The van der Waals surface area contributed by atoms with Gasteiger partial charge in [0.15, 0.2) is 11.6 Å². The molecule has 0 aromatic heterocycles. The molecule has 112 valence electrons. The second kappa shape index (κ2) is 5.73. The Bertz CT molecular complexity index is 651. The van der Waals surface area contributed by atoms with Gasteiger partial charge >= 0.3 is 6.18 Å². The van der Waals surface area contributed by atoms with Crippen LogP contribution in [0.3, 0.4) is 0 Å². The molecule has 0 spiro atoms. The van der Waals surface area contributed by atoms with Crippen molar-refractivity contribution in [3.8, 4) is 11.5 Å². The van der Waals surface area contributed by atoms with E-state index in [1.165, 1.54) is 24.3 Å². The lowest BCUT2D eigenvalue weighted by Crippen LogP contribution is -2.09. The summed E-state index contributed by atoms with van der Waals surface area (Å²) in [5, 5.41) is 8.94. The number of alkyl halides is 3. The topological polar surface area (TPSA) is 29.5 Å². The van der Waals surface area contributed by atoms with Crippen molar-refractivity contribution >= 4 is 0 Å². The van der Waals surface area contributed by atoms with Gasteiger partial charge in [-0.25, -0.2) is 4.39 Å². The number of halogens is 4. The van der Waals surface area contributed by atoms with E-state index in [1.54, 1.807) is 6.92 Å². The normalized spacial score (nSPS) is 11.5. The molecule has 1 N–H and O–H groups in total. The monoisotopic (exact) mass is 300 g/mol. The number of hydrogen-bond donors (Lipinski definition) is 1. The molecule has 0 aliphatic carbocycles. The third kappa shape index (κ3) is 3.52. The predicted octanol–water partition coefficient (Wildman–Crippen LogP) is 4.44. The Morgan fingerprint density at radius 2 is 1.81 bits per heavy atom. The minimum absolute atomic E-state index is 0.149. The summed E-state index contributed by atoms with van der Waals surface area (Å²) >= 11 is 0. The average molecular weight is 300 g/mol. The molecule has 0 radical (unpaired) electrons. The Hall–Kier alpha value is -2.08. The first kappa shape index (κ1) is 15.3. The lowest BCUT2D eigenvalue weighted by molar-refractivity contribution is -0.138. The van der Waals surface area contributed by atoms with Crippen LogP contribution in [0.15, 0.2) is 36.4 Å². The Morgan fingerprint density at radius 1 is 1.10 bits per heavy atom. The largest absolute Gasteiger partial charge is 0.454 e. The van der Waals surface area contributed by atoms with Crippen LogP contribution in [-0.4, -0.2) is 5.11 Å². The fourth-order valence-corrected chi connectivity index (χ4v) is 1.84. The number of aliphatic hydroxyl groups excluding tert-OH is 1. The van der Waals surface area contributed by atoms with Crippen LogP contribution < -0.4 is 4.74 Å². The summed E-state index contributed by atoms with van der Waals surface area (Å²) in [5.74, 6) is -0.968. The summed E-state index contributed by atoms with van der Waals surface area (Å²) in [6.07, 6.45) is -4.62. The SMILES string of the molecule is Cc1ccc(F)c(Oc2ccc(CO)c(C(F)(F)F)c2)c1. The van der Waals surface area contributed by atoms with Crippen LogP contribution in [-0.2, 0) is 12.8 Å². The molecule has 0 heterocycles. The third-order valence-corrected chi connectivity index (χ3v) is 2.87. The van der Waals surface area contributed by atoms with Crippen LogP contribution in [0.25, 0.3) is 0 Å². The van der Waals surface area contributed by atoms with Crippen LogP contribution in [0.1, 0.15) is 16.7 Å². The smallest absolute Gasteiger partial charge is 0.416 e. The molecule has 0 amide bonds. The highest BCUT2D eigenvalue weighted by Gasteiger charge is 2.33. The summed E-state index contributed by atoms with van der Waals surface area (Å²) in [6.45, 7) is 0.968. The van der Waals surface area contributed by atoms with Gasteiger partial charge in [0, 0.05) is 0 Å². The maximum atomic E-state index is 13.5. The van der Waals surface area contributed by atoms with Crippen LogP contribution in [0.5, 0.6) is 11.5 Å². The van der Waals surface area contributed by atoms with Crippen LogP contribution >= 0.6 is 0 Å². The molecular formula is C15H12F4O2. The van der Waals surface area contributed by atoms with E-state index in [2.05, 4.69) is 0 Å². The van der Waals surface area contributed by atoms with Gasteiger partial charge in [-0.05, 0) is 42.3 Å². The highest BCUT2D eigenvalue weighted by molar-refractivity contribution is 5.40. The molecule has 6 heteroatoms. The Morgan fingerprint density at radius 3 is 2.43 bits per heavy atom. The molecule has 2 aromatic carbocycles. The molecule has 0 bridgehead atoms. The standard InChI is InChI=1S/C15H12F4O2/c1-9-2-5-13(16)14(6-9)21-11-4-3-10(8-20)12(7-11)15(17,18)19/h2-7,20H,8H2,1H3. The molecule has 2 nitrogen and oxygen atoms in total. The Balaban J connectivity index is 2.39. The number of benzene rings is 2. The lowest BCUT2D eigenvalue weighted by Gasteiger charge is -2.14. The van der Waals surface area contributed by atoms with Gasteiger partial charge in [-0.1, -0.05) is 12.1 Å². The quantitative estimate of drug-likeness (QED) is 0.849. The average Bonchev–Trinajstić information content (AvgIpc) is 2.42. The van der Waals surface area contributed by atoms with Crippen molar-refractivity contribution in [3.63, 3.8) is 0 Å². The lowest BCUT2D eigenvalue weighted by atomic mass is 10.1. The van der Waals surface area contributed by atoms with E-state index < -0.39 is 24.2 Å². The summed E-state index contributed by atoms with van der Waals surface area (Å²) in [5.41, 5.74) is -0.551. The molecule has 2 rings (SSSR count). The van der Waals surface area contributed by atoms with Crippen LogP contribution in [0.4, 0.5) is 17.6 Å². The van der Waals surface area contributed by atoms with Crippen molar-refractivity contribution in [1.29, 1.82) is 0 Å². The Labute approximate surface area is 118 Å². The maximum absolute atomic E-state index is 13.5. The molecule has 0 saturated carbocycles. The second-order valence-corrected chi connectivity index (χ2v) is 4.51. The van der Waals surface area contributed by atoms with Crippen molar-refractivity contribution in [2.45, 2.75) is 19.7 Å². The summed E-state index contributed by atoms with van der Waals surface area (Å²) in [4.78, 5) is 0. The van der Waals surface area contributed by atoms with Crippen molar-refractivity contribution in [1.82, 2.24) is 0 Å². The minimum Gasteiger partial charge on any atom is -0.454 e. The van der Waals surface area contributed by atoms with Crippen molar-refractivity contribution in [3.05, 3.63) is 58.9 Å². The predicted molar refractivity (Wildman–Crippen MR) is 68.6 cm³/mol. The molecule has 0 aliphatic rings. The zero-order chi connectivity index (χ0) is 15.6. The molecule has 0 atom stereocenters. The van der Waals surface area contributed by atoms with Gasteiger partial charge in [-0.3, -0.25) is 0 Å². The van der Waals surface area contributed by atoms with Crippen molar-refractivity contribution < 1.29 is 27.4 Å². The third-order valence-electron chi connectivity index (χ3n) is 2.87. The van der Waals surface area contributed by atoms with Gasteiger partial charge < -0.3 is 9.84 Å². The highest BCUT2D eigenvalue weighted by Crippen LogP contribution is 2.36. The number of aliphatic hydroxyl groups is 1. The zero-order valence-corrected chi connectivity index (χ0v) is 11.0.